The maximum atomic E-state index is 11.8. The van der Waals surface area contributed by atoms with Gasteiger partial charge in [0.05, 0.1) is 0 Å². The molecule has 0 aromatic rings. The van der Waals surface area contributed by atoms with Crippen LogP contribution in [0.2, 0.25) is 0 Å². The number of amides is 1. The van der Waals surface area contributed by atoms with Crippen LogP contribution in [0, 0.1) is 11.8 Å². The second kappa shape index (κ2) is 7.70. The Kier molecular flexibility index (Phi) is 6.51. The van der Waals surface area contributed by atoms with Gasteiger partial charge in [-0.25, -0.2) is 0 Å². The van der Waals surface area contributed by atoms with E-state index in [4.69, 9.17) is 0 Å². The van der Waals surface area contributed by atoms with E-state index in [0.29, 0.717) is 17.7 Å². The first-order valence-corrected chi connectivity index (χ1v) is 7.05. The average molecular weight is 225 g/mol. The molecule has 0 spiro atoms. The third kappa shape index (κ3) is 4.54. The third-order valence-corrected chi connectivity index (χ3v) is 3.83. The largest absolute Gasteiger partial charge is 0.356 e. The summed E-state index contributed by atoms with van der Waals surface area (Å²) in [7, 11) is 0. The number of hydrogen-bond donors (Lipinski definition) is 1. The molecular weight excluding hydrogens is 198 g/mol. The molecule has 0 unspecified atom stereocenters. The zero-order chi connectivity index (χ0) is 11.8. The van der Waals surface area contributed by atoms with Gasteiger partial charge in [-0.2, -0.15) is 0 Å². The van der Waals surface area contributed by atoms with E-state index in [9.17, 15) is 4.79 Å². The van der Waals surface area contributed by atoms with E-state index < -0.39 is 0 Å². The molecule has 0 aliphatic heterocycles. The molecule has 0 radical (unpaired) electrons. The van der Waals surface area contributed by atoms with Crippen LogP contribution in [0.4, 0.5) is 0 Å². The fourth-order valence-electron chi connectivity index (χ4n) is 2.52. The monoisotopic (exact) mass is 225 g/mol. The Morgan fingerprint density at radius 2 is 2.00 bits per heavy atom. The van der Waals surface area contributed by atoms with Crippen molar-refractivity contribution >= 4 is 5.91 Å². The summed E-state index contributed by atoms with van der Waals surface area (Å²) in [5.74, 6) is 1.32. The topological polar surface area (TPSA) is 29.1 Å². The predicted octanol–water partition coefficient (Wildman–Crippen LogP) is 3.51. The van der Waals surface area contributed by atoms with Gasteiger partial charge in [-0.3, -0.25) is 4.79 Å². The highest BCUT2D eigenvalue weighted by molar-refractivity contribution is 5.78. The average Bonchev–Trinajstić information content (AvgIpc) is 2.82. The van der Waals surface area contributed by atoms with E-state index in [0.717, 1.165) is 19.4 Å². The number of unbranched alkanes of at least 4 members (excludes halogenated alkanes) is 1. The number of carbonyl (C=O) groups is 1. The van der Waals surface area contributed by atoms with E-state index in [1.165, 1.54) is 38.5 Å². The van der Waals surface area contributed by atoms with Crippen molar-refractivity contribution in [2.45, 2.75) is 65.2 Å². The van der Waals surface area contributed by atoms with E-state index in [1.54, 1.807) is 0 Å². The molecule has 16 heavy (non-hydrogen) atoms. The lowest BCUT2D eigenvalue weighted by Gasteiger charge is -2.17. The zero-order valence-electron chi connectivity index (χ0n) is 10.9. The summed E-state index contributed by atoms with van der Waals surface area (Å²) in [4.78, 5) is 11.8. The summed E-state index contributed by atoms with van der Waals surface area (Å²) in [5, 5.41) is 3.15. The van der Waals surface area contributed by atoms with Gasteiger partial charge in [0, 0.05) is 12.5 Å². The lowest BCUT2D eigenvalue weighted by atomic mass is 9.99. The van der Waals surface area contributed by atoms with Gasteiger partial charge in [-0.1, -0.05) is 46.0 Å². The van der Waals surface area contributed by atoms with E-state index >= 15 is 0 Å². The first-order chi connectivity index (χ1) is 7.77. The molecule has 1 amide bonds. The van der Waals surface area contributed by atoms with Gasteiger partial charge in [-0.15, -0.1) is 0 Å². The molecule has 94 valence electrons. The first-order valence-electron chi connectivity index (χ1n) is 7.05. The van der Waals surface area contributed by atoms with Gasteiger partial charge in [-0.05, 0) is 25.2 Å². The molecule has 2 nitrogen and oxygen atoms in total. The Labute approximate surface area is 100 Å². The van der Waals surface area contributed by atoms with E-state index in [1.807, 2.05) is 0 Å². The van der Waals surface area contributed by atoms with Crippen LogP contribution in [0.15, 0.2) is 0 Å². The lowest BCUT2D eigenvalue weighted by molar-refractivity contribution is -0.125. The lowest BCUT2D eigenvalue weighted by Crippen LogP contribution is -2.33. The van der Waals surface area contributed by atoms with Crippen LogP contribution >= 0.6 is 0 Å². The molecule has 1 aliphatic rings. The molecule has 0 aromatic carbocycles. The molecule has 1 atom stereocenters. The summed E-state index contributed by atoms with van der Waals surface area (Å²) in [6, 6.07) is 0. The van der Waals surface area contributed by atoms with Gasteiger partial charge in [0.2, 0.25) is 5.91 Å². The summed E-state index contributed by atoms with van der Waals surface area (Å²) in [6.07, 6.45) is 9.69. The Hall–Kier alpha value is -0.530. The molecule has 0 heterocycles. The number of nitrogens with one attached hydrogen (secondary N) is 1. The molecule has 0 aromatic heterocycles. The fraction of sp³-hybridized carbons (Fsp3) is 0.929. The minimum atomic E-state index is 0.312. The van der Waals surface area contributed by atoms with Crippen LogP contribution in [0.25, 0.3) is 0 Å². The molecule has 0 saturated heterocycles. The van der Waals surface area contributed by atoms with Crippen LogP contribution in [0.1, 0.15) is 65.2 Å². The summed E-state index contributed by atoms with van der Waals surface area (Å²) >= 11 is 0. The van der Waals surface area contributed by atoms with Gasteiger partial charge in [0.25, 0.3) is 0 Å². The van der Waals surface area contributed by atoms with Gasteiger partial charge in [0.1, 0.15) is 0 Å². The van der Waals surface area contributed by atoms with Crippen molar-refractivity contribution in [1.29, 1.82) is 0 Å². The predicted molar refractivity (Wildman–Crippen MR) is 68.3 cm³/mol. The van der Waals surface area contributed by atoms with Crippen molar-refractivity contribution in [2.75, 3.05) is 6.54 Å². The maximum absolute atomic E-state index is 11.8. The smallest absolute Gasteiger partial charge is 0.223 e. The van der Waals surface area contributed by atoms with Gasteiger partial charge < -0.3 is 5.32 Å². The Morgan fingerprint density at radius 1 is 1.31 bits per heavy atom. The summed E-state index contributed by atoms with van der Waals surface area (Å²) in [6.45, 7) is 5.34. The van der Waals surface area contributed by atoms with Crippen molar-refractivity contribution in [3.8, 4) is 0 Å². The molecule has 1 N–H and O–H groups in total. The molecule has 1 saturated carbocycles. The number of rotatable bonds is 7. The number of hydrogen-bond acceptors (Lipinski definition) is 1. The molecule has 1 rings (SSSR count). The summed E-state index contributed by atoms with van der Waals surface area (Å²) in [5.41, 5.74) is 0. The number of carbonyl (C=O) groups excluding carboxylic acids is 1. The normalized spacial score (nSPS) is 18.6. The van der Waals surface area contributed by atoms with Crippen molar-refractivity contribution < 1.29 is 4.79 Å². The maximum Gasteiger partial charge on any atom is 0.223 e. The van der Waals surface area contributed by atoms with Crippen molar-refractivity contribution in [2.24, 2.45) is 11.8 Å². The first kappa shape index (κ1) is 13.5. The van der Waals surface area contributed by atoms with Crippen molar-refractivity contribution in [3.05, 3.63) is 0 Å². The SMILES string of the molecule is CCCC[C@H](CC)CNC(=O)C1CCCC1. The fourth-order valence-corrected chi connectivity index (χ4v) is 2.52. The van der Waals surface area contributed by atoms with Crippen LogP contribution in [-0.4, -0.2) is 12.5 Å². The highest BCUT2D eigenvalue weighted by Crippen LogP contribution is 2.24. The van der Waals surface area contributed by atoms with Crippen LogP contribution in [-0.2, 0) is 4.79 Å². The highest BCUT2D eigenvalue weighted by atomic mass is 16.1. The minimum Gasteiger partial charge on any atom is -0.356 e. The zero-order valence-corrected chi connectivity index (χ0v) is 10.9. The van der Waals surface area contributed by atoms with E-state index in [-0.39, 0.29) is 0 Å². The Bertz CT molecular complexity index is 197. The van der Waals surface area contributed by atoms with E-state index in [2.05, 4.69) is 19.2 Å². The quantitative estimate of drug-likeness (QED) is 0.706. The van der Waals surface area contributed by atoms with Crippen LogP contribution in [0.5, 0.6) is 0 Å². The van der Waals surface area contributed by atoms with Crippen LogP contribution in [0.3, 0.4) is 0 Å². The Balaban J connectivity index is 2.17. The highest BCUT2D eigenvalue weighted by Gasteiger charge is 2.22. The second-order valence-corrected chi connectivity index (χ2v) is 5.14. The van der Waals surface area contributed by atoms with Gasteiger partial charge >= 0.3 is 0 Å². The minimum absolute atomic E-state index is 0.312. The molecule has 0 bridgehead atoms. The molecular formula is C14H27NO. The van der Waals surface area contributed by atoms with Crippen LogP contribution < -0.4 is 5.32 Å². The van der Waals surface area contributed by atoms with Crippen molar-refractivity contribution in [1.82, 2.24) is 5.32 Å². The second-order valence-electron chi connectivity index (χ2n) is 5.14. The standard InChI is InChI=1S/C14H27NO/c1-3-5-8-12(4-2)11-15-14(16)13-9-6-7-10-13/h12-13H,3-11H2,1-2H3,(H,15,16)/t12-/m0/s1. The summed E-state index contributed by atoms with van der Waals surface area (Å²) < 4.78 is 0. The van der Waals surface area contributed by atoms with Crippen molar-refractivity contribution in [3.63, 3.8) is 0 Å². The molecule has 2 heteroatoms. The third-order valence-electron chi connectivity index (χ3n) is 3.83. The molecule has 1 aliphatic carbocycles. The Morgan fingerprint density at radius 3 is 2.56 bits per heavy atom. The molecule has 1 fully saturated rings. The van der Waals surface area contributed by atoms with Gasteiger partial charge in [0.15, 0.2) is 0 Å².